The van der Waals surface area contributed by atoms with E-state index >= 15 is 0 Å². The number of carbonyl (C=O) groups excluding carboxylic acids is 1. The molecule has 0 atom stereocenters. The Morgan fingerprint density at radius 2 is 2.08 bits per heavy atom. The van der Waals surface area contributed by atoms with Gasteiger partial charge in [-0.05, 0) is 40.8 Å². The maximum Gasteiger partial charge on any atom is 0.163 e. The number of hydrogen-bond donors (Lipinski definition) is 0. The highest BCUT2D eigenvalue weighted by molar-refractivity contribution is 14.1. The molecule has 0 spiro atoms. The second-order valence-electron chi connectivity index (χ2n) is 2.52. The normalized spacial score (nSPS) is 10.1. The molecule has 0 aromatic heterocycles. The fourth-order valence-corrected chi connectivity index (χ4v) is 2.90. The molecular formula is C9H7Br2IO. The number of alkyl halides is 1. The number of carbonyl (C=O) groups is 1. The van der Waals surface area contributed by atoms with Crippen LogP contribution in [-0.2, 0) is 0 Å². The lowest BCUT2D eigenvalue weighted by Gasteiger charge is -2.00. The molecule has 0 N–H and O–H groups in total. The van der Waals surface area contributed by atoms with Crippen LogP contribution in [-0.4, -0.2) is 11.1 Å². The Morgan fingerprint density at radius 3 is 2.62 bits per heavy atom. The largest absolute Gasteiger partial charge is 0.294 e. The van der Waals surface area contributed by atoms with Crippen molar-refractivity contribution in [3.8, 4) is 0 Å². The Hall–Kier alpha value is 0.580. The highest BCUT2D eigenvalue weighted by atomic mass is 127. The summed E-state index contributed by atoms with van der Waals surface area (Å²) in [5, 5.41) is 0.717. The molecule has 0 bridgehead atoms. The third-order valence-corrected chi connectivity index (χ3v) is 2.98. The van der Waals surface area contributed by atoms with E-state index in [1.807, 2.05) is 18.2 Å². The summed E-state index contributed by atoms with van der Waals surface area (Å²) >= 11 is 8.81. The number of rotatable bonds is 3. The van der Waals surface area contributed by atoms with Crippen molar-refractivity contribution in [2.24, 2.45) is 0 Å². The van der Waals surface area contributed by atoms with E-state index in [0.717, 1.165) is 18.9 Å². The van der Waals surface area contributed by atoms with Crippen LogP contribution in [0.5, 0.6) is 0 Å². The average Bonchev–Trinajstić information content (AvgIpc) is 2.03. The number of Topliss-reactive ketones (excluding diaryl/α,β-unsaturated/α-hetero) is 1. The maximum absolute atomic E-state index is 11.5. The van der Waals surface area contributed by atoms with Gasteiger partial charge >= 0.3 is 0 Å². The van der Waals surface area contributed by atoms with Gasteiger partial charge in [0.05, 0.1) is 0 Å². The molecule has 0 saturated heterocycles. The van der Waals surface area contributed by atoms with Gasteiger partial charge in [-0.3, -0.25) is 4.79 Å². The highest BCUT2D eigenvalue weighted by Gasteiger charge is 2.06. The van der Waals surface area contributed by atoms with Crippen molar-refractivity contribution in [2.75, 3.05) is 5.33 Å². The minimum absolute atomic E-state index is 0.177. The van der Waals surface area contributed by atoms with Gasteiger partial charge in [0.2, 0.25) is 0 Å². The van der Waals surface area contributed by atoms with E-state index < -0.39 is 0 Å². The second kappa shape index (κ2) is 5.46. The van der Waals surface area contributed by atoms with E-state index in [-0.39, 0.29) is 5.78 Å². The number of benzene rings is 1. The first-order valence-electron chi connectivity index (χ1n) is 3.68. The number of halogens is 3. The van der Waals surface area contributed by atoms with Crippen molar-refractivity contribution in [3.05, 3.63) is 31.8 Å². The Balaban J connectivity index is 2.94. The molecule has 1 aromatic rings. The SMILES string of the molecule is O=C(CCBr)c1cc(Br)cc(I)c1. The van der Waals surface area contributed by atoms with Gasteiger partial charge in [-0.15, -0.1) is 0 Å². The third kappa shape index (κ3) is 3.67. The molecule has 0 amide bonds. The summed E-state index contributed by atoms with van der Waals surface area (Å²) in [6.45, 7) is 0. The molecule has 0 aliphatic rings. The lowest BCUT2D eigenvalue weighted by atomic mass is 10.1. The monoisotopic (exact) mass is 416 g/mol. The first-order chi connectivity index (χ1) is 6.13. The number of hydrogen-bond acceptors (Lipinski definition) is 1. The Labute approximate surface area is 108 Å². The van der Waals surface area contributed by atoms with Gasteiger partial charge in [0.15, 0.2) is 5.78 Å². The standard InChI is InChI=1S/C9H7Br2IO/c10-2-1-9(13)6-3-7(11)5-8(12)4-6/h3-5H,1-2H2. The van der Waals surface area contributed by atoms with Crippen LogP contribution in [0.3, 0.4) is 0 Å². The van der Waals surface area contributed by atoms with Crippen LogP contribution in [0.25, 0.3) is 0 Å². The van der Waals surface area contributed by atoms with Gasteiger partial charge in [-0.2, -0.15) is 0 Å². The summed E-state index contributed by atoms with van der Waals surface area (Å²) in [5.41, 5.74) is 0.776. The Bertz CT molecular complexity index is 305. The summed E-state index contributed by atoms with van der Waals surface area (Å²) in [7, 11) is 0. The van der Waals surface area contributed by atoms with Gasteiger partial charge in [0.1, 0.15) is 0 Å². The molecule has 0 saturated carbocycles. The fourth-order valence-electron chi connectivity index (χ4n) is 0.945. The highest BCUT2D eigenvalue weighted by Crippen LogP contribution is 2.18. The van der Waals surface area contributed by atoms with Gasteiger partial charge in [0.25, 0.3) is 0 Å². The van der Waals surface area contributed by atoms with E-state index in [1.165, 1.54) is 0 Å². The second-order valence-corrected chi connectivity index (χ2v) is 5.47. The quantitative estimate of drug-likeness (QED) is 0.412. The zero-order valence-corrected chi connectivity index (χ0v) is 12.0. The number of ketones is 1. The summed E-state index contributed by atoms with van der Waals surface area (Å²) < 4.78 is 2.03. The first-order valence-corrected chi connectivity index (χ1v) is 6.68. The zero-order chi connectivity index (χ0) is 9.84. The molecule has 1 rings (SSSR count). The van der Waals surface area contributed by atoms with Crippen LogP contribution >= 0.6 is 54.5 Å². The smallest absolute Gasteiger partial charge is 0.163 e. The van der Waals surface area contributed by atoms with Crippen LogP contribution in [0.15, 0.2) is 22.7 Å². The van der Waals surface area contributed by atoms with Crippen molar-refractivity contribution in [2.45, 2.75) is 6.42 Å². The summed E-state index contributed by atoms with van der Waals surface area (Å²) in [6, 6.07) is 5.73. The lowest BCUT2D eigenvalue weighted by molar-refractivity contribution is 0.0990. The van der Waals surface area contributed by atoms with Gasteiger partial charge in [-0.25, -0.2) is 0 Å². The van der Waals surface area contributed by atoms with E-state index in [1.54, 1.807) is 0 Å². The Kier molecular flexibility index (Phi) is 4.89. The molecular weight excluding hydrogens is 411 g/mol. The summed E-state index contributed by atoms with van der Waals surface area (Å²) in [4.78, 5) is 11.5. The fraction of sp³-hybridized carbons (Fsp3) is 0.222. The molecule has 70 valence electrons. The van der Waals surface area contributed by atoms with Gasteiger partial charge in [0, 0.05) is 25.4 Å². The first kappa shape index (κ1) is 11.7. The minimum Gasteiger partial charge on any atom is -0.294 e. The lowest BCUT2D eigenvalue weighted by Crippen LogP contribution is -1.99. The maximum atomic E-state index is 11.5. The summed E-state index contributed by atoms with van der Waals surface area (Å²) in [5.74, 6) is 0.177. The van der Waals surface area contributed by atoms with Crippen molar-refractivity contribution in [1.82, 2.24) is 0 Å². The van der Waals surface area contributed by atoms with Crippen LogP contribution in [0.1, 0.15) is 16.8 Å². The predicted octanol–water partition coefficient (Wildman–Crippen LogP) is 4.02. The van der Waals surface area contributed by atoms with Crippen LogP contribution in [0, 0.1) is 3.57 Å². The van der Waals surface area contributed by atoms with E-state index in [2.05, 4.69) is 54.5 Å². The molecule has 0 radical (unpaired) electrons. The predicted molar refractivity (Wildman–Crippen MR) is 69.6 cm³/mol. The van der Waals surface area contributed by atoms with Crippen LogP contribution in [0.4, 0.5) is 0 Å². The molecule has 0 unspecified atom stereocenters. The van der Waals surface area contributed by atoms with E-state index in [4.69, 9.17) is 0 Å². The molecule has 13 heavy (non-hydrogen) atoms. The zero-order valence-electron chi connectivity index (χ0n) is 6.69. The molecule has 0 aliphatic heterocycles. The third-order valence-electron chi connectivity index (χ3n) is 1.51. The van der Waals surface area contributed by atoms with Crippen molar-refractivity contribution >= 4 is 60.2 Å². The van der Waals surface area contributed by atoms with E-state index in [9.17, 15) is 4.79 Å². The van der Waals surface area contributed by atoms with Gasteiger partial charge in [-0.1, -0.05) is 31.9 Å². The minimum atomic E-state index is 0.177. The van der Waals surface area contributed by atoms with Gasteiger partial charge < -0.3 is 0 Å². The topological polar surface area (TPSA) is 17.1 Å². The van der Waals surface area contributed by atoms with Crippen LogP contribution < -0.4 is 0 Å². The average molecular weight is 418 g/mol. The molecule has 0 heterocycles. The van der Waals surface area contributed by atoms with Crippen molar-refractivity contribution in [1.29, 1.82) is 0 Å². The van der Waals surface area contributed by atoms with Crippen LogP contribution in [0.2, 0.25) is 0 Å². The molecule has 0 fully saturated rings. The summed E-state index contributed by atoms with van der Waals surface area (Å²) in [6.07, 6.45) is 0.548. The molecule has 1 aromatic carbocycles. The van der Waals surface area contributed by atoms with Crippen molar-refractivity contribution < 1.29 is 4.79 Å². The molecule has 0 aliphatic carbocycles. The Morgan fingerprint density at radius 1 is 1.38 bits per heavy atom. The molecule has 4 heteroatoms. The van der Waals surface area contributed by atoms with E-state index in [0.29, 0.717) is 6.42 Å². The molecule has 1 nitrogen and oxygen atoms in total. The van der Waals surface area contributed by atoms with Crippen molar-refractivity contribution in [3.63, 3.8) is 0 Å².